The lowest BCUT2D eigenvalue weighted by molar-refractivity contribution is -0.142. The van der Waals surface area contributed by atoms with Gasteiger partial charge in [-0.25, -0.2) is 0 Å². The van der Waals surface area contributed by atoms with E-state index in [-0.39, 0.29) is 24.3 Å². The van der Waals surface area contributed by atoms with Gasteiger partial charge in [-0.3, -0.25) is 14.4 Å². The monoisotopic (exact) mass is 593 g/mol. The number of rotatable bonds is 5. The third-order valence-corrected chi connectivity index (χ3v) is 11.5. The van der Waals surface area contributed by atoms with Gasteiger partial charge in [-0.15, -0.1) is 11.8 Å². The number of likely N-dealkylation sites (tertiary alicyclic amines) is 1. The van der Waals surface area contributed by atoms with Gasteiger partial charge >= 0.3 is 0 Å². The van der Waals surface area contributed by atoms with Crippen LogP contribution in [0.5, 0.6) is 0 Å². The van der Waals surface area contributed by atoms with E-state index in [1.165, 1.54) is 0 Å². The molecule has 0 radical (unpaired) electrons. The number of anilines is 2. The fraction of sp³-hybridized carbons (Fsp3) is 0.343. The standard InChI is InChI=1S/C35H35N3O4S/c1-3-25(22-39)38-30-33(42)37(27-16-15-23-11-7-8-12-24(23)21-27)20-10-18-35(30)29(32(38)41)28-31(40)36(26-13-5-4-6-14-26)19-9-17-34(28,2)43-35/h4-18,21,25,28-30,39H,3,19-20,22H2,1-2H3/t25-,28-,29-,30?,34+,35-/m0/s1. The quantitative estimate of drug-likeness (QED) is 0.430. The predicted octanol–water partition coefficient (Wildman–Crippen LogP) is 4.80. The number of para-hydroxylation sites is 1. The molecule has 8 heteroatoms. The number of aliphatic hydroxyl groups is 1. The number of thioether (sulfide) groups is 1. The number of hydrogen-bond donors (Lipinski definition) is 1. The molecule has 43 heavy (non-hydrogen) atoms. The first kappa shape index (κ1) is 27.9. The van der Waals surface area contributed by atoms with Gasteiger partial charge in [-0.1, -0.05) is 79.8 Å². The van der Waals surface area contributed by atoms with Gasteiger partial charge in [0.25, 0.3) is 5.91 Å². The fourth-order valence-electron chi connectivity index (χ4n) is 7.68. The number of carbonyl (C=O) groups is 3. The summed E-state index contributed by atoms with van der Waals surface area (Å²) in [5.41, 5.74) is 1.54. The van der Waals surface area contributed by atoms with Crippen LogP contribution in [0.25, 0.3) is 10.8 Å². The van der Waals surface area contributed by atoms with E-state index in [4.69, 9.17) is 0 Å². The van der Waals surface area contributed by atoms with Crippen LogP contribution in [-0.2, 0) is 14.4 Å². The van der Waals surface area contributed by atoms with Crippen molar-refractivity contribution in [3.8, 4) is 0 Å². The highest BCUT2D eigenvalue weighted by atomic mass is 32.2. The molecule has 220 valence electrons. The number of hydrogen-bond acceptors (Lipinski definition) is 5. The van der Waals surface area contributed by atoms with Crippen LogP contribution in [0, 0.1) is 11.8 Å². The molecule has 7 nitrogen and oxygen atoms in total. The molecule has 4 aliphatic rings. The average Bonchev–Trinajstić information content (AvgIpc) is 3.29. The molecule has 6 atom stereocenters. The molecular formula is C35H35N3O4S. The van der Waals surface area contributed by atoms with Crippen LogP contribution in [0.4, 0.5) is 11.4 Å². The molecule has 0 bridgehead atoms. The van der Waals surface area contributed by atoms with Crippen LogP contribution in [-0.4, -0.2) is 69.0 Å². The molecule has 2 saturated heterocycles. The Labute approximate surface area is 255 Å². The second-order valence-corrected chi connectivity index (χ2v) is 13.8. The number of nitrogens with zero attached hydrogens (tertiary/aromatic N) is 3. The van der Waals surface area contributed by atoms with E-state index in [2.05, 4.69) is 6.08 Å². The maximum atomic E-state index is 14.8. The van der Waals surface area contributed by atoms with Crippen molar-refractivity contribution in [2.45, 2.75) is 41.8 Å². The molecule has 3 aromatic rings. The first-order valence-corrected chi connectivity index (χ1v) is 15.8. The maximum absolute atomic E-state index is 14.8. The SMILES string of the molecule is CC[C@@H](CO)N1C(=O)[C@@H]2[C@H]3C(=O)N(c4ccccc4)CC=C[C@@]3(C)S[C@@]23C=CCN(c2ccc4ccccc4c2)C(=O)C13. The predicted molar refractivity (Wildman–Crippen MR) is 171 cm³/mol. The Morgan fingerprint density at radius 3 is 2.21 bits per heavy atom. The Kier molecular flexibility index (Phi) is 6.74. The third-order valence-electron chi connectivity index (χ3n) is 9.68. The van der Waals surface area contributed by atoms with Gasteiger partial charge < -0.3 is 19.8 Å². The first-order chi connectivity index (χ1) is 20.8. The molecule has 0 aromatic heterocycles. The zero-order chi connectivity index (χ0) is 29.9. The Balaban J connectivity index is 1.36. The lowest BCUT2D eigenvalue weighted by atomic mass is 9.74. The normalized spacial score (nSPS) is 30.7. The lowest BCUT2D eigenvalue weighted by Gasteiger charge is -2.39. The molecule has 0 saturated carbocycles. The van der Waals surface area contributed by atoms with Crippen LogP contribution in [0.3, 0.4) is 0 Å². The second-order valence-electron chi connectivity index (χ2n) is 12.1. The number of aliphatic hydroxyl groups excluding tert-OH is 1. The molecular weight excluding hydrogens is 558 g/mol. The van der Waals surface area contributed by atoms with Crippen LogP contribution >= 0.6 is 11.8 Å². The van der Waals surface area contributed by atoms with Crippen molar-refractivity contribution in [3.63, 3.8) is 0 Å². The fourth-order valence-corrected chi connectivity index (χ4v) is 9.83. The largest absolute Gasteiger partial charge is 0.394 e. The van der Waals surface area contributed by atoms with Gasteiger partial charge in [0, 0.05) is 29.2 Å². The number of fused-ring (bicyclic) bond motifs is 3. The Morgan fingerprint density at radius 2 is 1.49 bits per heavy atom. The number of benzene rings is 3. The summed E-state index contributed by atoms with van der Waals surface area (Å²) >= 11 is 1.56. The summed E-state index contributed by atoms with van der Waals surface area (Å²) in [7, 11) is 0. The third kappa shape index (κ3) is 4.10. The van der Waals surface area contributed by atoms with E-state index in [9.17, 15) is 19.5 Å². The minimum Gasteiger partial charge on any atom is -0.394 e. The second kappa shape index (κ2) is 10.4. The smallest absolute Gasteiger partial charge is 0.251 e. The minimum atomic E-state index is -0.971. The molecule has 0 aliphatic carbocycles. The van der Waals surface area contributed by atoms with Crippen molar-refractivity contribution in [2.75, 3.05) is 29.5 Å². The maximum Gasteiger partial charge on any atom is 0.251 e. The van der Waals surface area contributed by atoms with Gasteiger partial charge in [-0.2, -0.15) is 0 Å². The highest BCUT2D eigenvalue weighted by Crippen LogP contribution is 2.66. The Bertz CT molecular complexity index is 1670. The molecule has 1 N–H and O–H groups in total. The first-order valence-electron chi connectivity index (χ1n) is 15.0. The Hall–Kier alpha value is -3.88. The van der Waals surface area contributed by atoms with Crippen molar-refractivity contribution in [2.24, 2.45) is 11.8 Å². The van der Waals surface area contributed by atoms with E-state index in [1.54, 1.807) is 26.5 Å². The van der Waals surface area contributed by atoms with Gasteiger partial charge in [0.2, 0.25) is 11.8 Å². The van der Waals surface area contributed by atoms with Gasteiger partial charge in [0.05, 0.1) is 29.2 Å². The average molecular weight is 594 g/mol. The molecule has 1 spiro atoms. The number of amides is 3. The van der Waals surface area contributed by atoms with Crippen molar-refractivity contribution >= 4 is 51.6 Å². The summed E-state index contributed by atoms with van der Waals surface area (Å²) in [5.74, 6) is -1.98. The van der Waals surface area contributed by atoms with E-state index in [0.29, 0.717) is 19.5 Å². The lowest BCUT2D eigenvalue weighted by Crippen LogP contribution is -2.56. The zero-order valence-electron chi connectivity index (χ0n) is 24.3. The minimum absolute atomic E-state index is 0.115. The van der Waals surface area contributed by atoms with Gasteiger partial charge in [-0.05, 0) is 48.4 Å². The summed E-state index contributed by atoms with van der Waals surface area (Å²) in [6.45, 7) is 4.45. The van der Waals surface area contributed by atoms with E-state index in [0.717, 1.165) is 22.1 Å². The van der Waals surface area contributed by atoms with Crippen molar-refractivity contribution in [1.29, 1.82) is 0 Å². The van der Waals surface area contributed by atoms with Crippen LogP contribution < -0.4 is 9.80 Å². The summed E-state index contributed by atoms with van der Waals surface area (Å²) in [5, 5.41) is 12.6. The van der Waals surface area contributed by atoms with Crippen LogP contribution in [0.1, 0.15) is 20.3 Å². The summed E-state index contributed by atoms with van der Waals surface area (Å²) < 4.78 is -1.67. The highest BCUT2D eigenvalue weighted by Gasteiger charge is 2.74. The molecule has 4 aliphatic heterocycles. The summed E-state index contributed by atoms with van der Waals surface area (Å²) in [4.78, 5) is 49.2. The van der Waals surface area contributed by atoms with Crippen LogP contribution in [0.2, 0.25) is 0 Å². The van der Waals surface area contributed by atoms with E-state index >= 15 is 0 Å². The topological polar surface area (TPSA) is 81.2 Å². The molecule has 4 heterocycles. The van der Waals surface area contributed by atoms with E-state index < -0.39 is 33.4 Å². The van der Waals surface area contributed by atoms with Gasteiger partial charge in [0.15, 0.2) is 0 Å². The molecule has 2 fully saturated rings. The zero-order valence-corrected chi connectivity index (χ0v) is 25.1. The van der Waals surface area contributed by atoms with Crippen molar-refractivity contribution in [1.82, 2.24) is 4.90 Å². The molecule has 1 unspecified atom stereocenters. The Morgan fingerprint density at radius 1 is 0.814 bits per heavy atom. The molecule has 3 amide bonds. The number of carbonyl (C=O) groups excluding carboxylic acids is 3. The van der Waals surface area contributed by atoms with Gasteiger partial charge in [0.1, 0.15) is 6.04 Å². The highest BCUT2D eigenvalue weighted by molar-refractivity contribution is 8.02. The van der Waals surface area contributed by atoms with Crippen molar-refractivity contribution in [3.05, 3.63) is 97.1 Å². The van der Waals surface area contributed by atoms with E-state index in [1.807, 2.05) is 105 Å². The molecule has 7 rings (SSSR count). The van der Waals surface area contributed by atoms with Crippen molar-refractivity contribution < 1.29 is 19.5 Å². The van der Waals surface area contributed by atoms with Crippen LogP contribution in [0.15, 0.2) is 97.1 Å². The molecule has 3 aromatic carbocycles. The summed E-state index contributed by atoms with van der Waals surface area (Å²) in [6, 6.07) is 22.1. The summed E-state index contributed by atoms with van der Waals surface area (Å²) in [6.07, 6.45) is 8.59.